The fourth-order valence-electron chi connectivity index (χ4n) is 2.62. The van der Waals surface area contributed by atoms with Crippen LogP contribution in [0.25, 0.3) is 0 Å². The highest BCUT2D eigenvalue weighted by Gasteiger charge is 1.94. The van der Waals surface area contributed by atoms with Crippen LogP contribution in [0.3, 0.4) is 0 Å². The van der Waals surface area contributed by atoms with E-state index >= 15 is 0 Å². The summed E-state index contributed by atoms with van der Waals surface area (Å²) in [6.45, 7) is 4.75. The molecule has 0 amide bonds. The van der Waals surface area contributed by atoms with Crippen molar-refractivity contribution in [2.75, 3.05) is 6.54 Å². The largest absolute Gasteiger partial charge is 0.330 e. The minimum Gasteiger partial charge on any atom is -0.330 e. The molecule has 115 valence electrons. The van der Waals surface area contributed by atoms with Crippen molar-refractivity contribution in [3.05, 3.63) is 6.92 Å². The number of unbranched alkanes of at least 4 members (excludes halogenated alkanes) is 15. The summed E-state index contributed by atoms with van der Waals surface area (Å²) in [5.41, 5.74) is 5.48. The van der Waals surface area contributed by atoms with Crippen LogP contribution in [0, 0.1) is 6.92 Å². The fraction of sp³-hybridized carbons (Fsp3) is 0.944. The van der Waals surface area contributed by atoms with Gasteiger partial charge in [-0.25, -0.2) is 0 Å². The van der Waals surface area contributed by atoms with Gasteiger partial charge in [-0.3, -0.25) is 0 Å². The van der Waals surface area contributed by atoms with Crippen molar-refractivity contribution in [3.63, 3.8) is 0 Å². The summed E-state index contributed by atoms with van der Waals surface area (Å²) in [6.07, 6.45) is 22.3. The van der Waals surface area contributed by atoms with E-state index in [1.165, 1.54) is 96.3 Å². The first kappa shape index (κ1) is 19.0. The normalized spacial score (nSPS) is 11.1. The lowest BCUT2D eigenvalue weighted by atomic mass is 10.0. The van der Waals surface area contributed by atoms with Crippen LogP contribution in [0.4, 0.5) is 0 Å². The molecule has 0 bridgehead atoms. The van der Waals surface area contributed by atoms with Crippen molar-refractivity contribution in [1.82, 2.24) is 0 Å². The molecule has 0 aromatic carbocycles. The maximum absolute atomic E-state index is 5.48. The molecular formula is C18H38N. The van der Waals surface area contributed by atoms with Gasteiger partial charge >= 0.3 is 0 Å². The highest BCUT2D eigenvalue weighted by molar-refractivity contribution is 4.50. The van der Waals surface area contributed by atoms with Crippen LogP contribution in [0.5, 0.6) is 0 Å². The van der Waals surface area contributed by atoms with E-state index in [0.717, 1.165) is 13.0 Å². The average Bonchev–Trinajstić information content (AvgIpc) is 2.43. The molecule has 1 heteroatoms. The van der Waals surface area contributed by atoms with Crippen molar-refractivity contribution in [3.8, 4) is 0 Å². The number of hydrogen-bond donors (Lipinski definition) is 1. The third kappa shape index (κ3) is 18.0. The van der Waals surface area contributed by atoms with Gasteiger partial charge in [-0.05, 0) is 13.0 Å². The molecule has 2 N–H and O–H groups in total. The first-order chi connectivity index (χ1) is 9.41. The number of hydrogen-bond acceptors (Lipinski definition) is 1. The SMILES string of the molecule is [CH2]CCCCCCCCCCCCCCCCCN. The van der Waals surface area contributed by atoms with Crippen LogP contribution < -0.4 is 5.73 Å². The molecule has 0 aliphatic rings. The molecule has 1 nitrogen and oxygen atoms in total. The Hall–Kier alpha value is -0.0400. The molecule has 0 atom stereocenters. The second kappa shape index (κ2) is 18.0. The third-order valence-electron chi connectivity index (χ3n) is 3.95. The predicted molar refractivity (Wildman–Crippen MR) is 88.3 cm³/mol. The van der Waals surface area contributed by atoms with Gasteiger partial charge in [0, 0.05) is 0 Å². The van der Waals surface area contributed by atoms with Gasteiger partial charge in [-0.15, -0.1) is 0 Å². The molecule has 0 heterocycles. The highest BCUT2D eigenvalue weighted by Crippen LogP contribution is 2.13. The zero-order chi connectivity index (χ0) is 14.0. The van der Waals surface area contributed by atoms with Crippen LogP contribution in [0.2, 0.25) is 0 Å². The Morgan fingerprint density at radius 2 is 0.684 bits per heavy atom. The second-order valence-corrected chi connectivity index (χ2v) is 5.95. The molecule has 0 rings (SSSR count). The van der Waals surface area contributed by atoms with Gasteiger partial charge in [0.25, 0.3) is 0 Å². The summed E-state index contributed by atoms with van der Waals surface area (Å²) in [5.74, 6) is 0. The maximum atomic E-state index is 5.48. The van der Waals surface area contributed by atoms with Crippen LogP contribution >= 0.6 is 0 Å². The summed E-state index contributed by atoms with van der Waals surface area (Å²) in [7, 11) is 0. The summed E-state index contributed by atoms with van der Waals surface area (Å²) >= 11 is 0. The van der Waals surface area contributed by atoms with Gasteiger partial charge in [-0.2, -0.15) is 0 Å². The van der Waals surface area contributed by atoms with Crippen molar-refractivity contribution in [1.29, 1.82) is 0 Å². The van der Waals surface area contributed by atoms with E-state index in [0.29, 0.717) is 0 Å². The van der Waals surface area contributed by atoms with Gasteiger partial charge in [0.15, 0.2) is 0 Å². The quantitative estimate of drug-likeness (QED) is 0.340. The first-order valence-electron chi connectivity index (χ1n) is 8.91. The molecular weight excluding hydrogens is 230 g/mol. The Bertz CT molecular complexity index is 129. The summed E-state index contributed by atoms with van der Waals surface area (Å²) in [6, 6.07) is 0. The van der Waals surface area contributed by atoms with Gasteiger partial charge in [0.05, 0.1) is 0 Å². The molecule has 0 unspecified atom stereocenters. The highest BCUT2D eigenvalue weighted by atomic mass is 14.5. The average molecular weight is 269 g/mol. The van der Waals surface area contributed by atoms with Gasteiger partial charge in [-0.1, -0.05) is 103 Å². The summed E-state index contributed by atoms with van der Waals surface area (Å²) < 4.78 is 0. The van der Waals surface area contributed by atoms with E-state index in [2.05, 4.69) is 6.92 Å². The van der Waals surface area contributed by atoms with Gasteiger partial charge in [0.2, 0.25) is 0 Å². The van der Waals surface area contributed by atoms with E-state index in [9.17, 15) is 0 Å². The van der Waals surface area contributed by atoms with Gasteiger partial charge < -0.3 is 5.73 Å². The molecule has 0 aliphatic heterocycles. The predicted octanol–water partition coefficient (Wildman–Crippen LogP) is 6.02. The molecule has 0 aliphatic carbocycles. The minimum absolute atomic E-state index is 0.870. The van der Waals surface area contributed by atoms with Crippen molar-refractivity contribution < 1.29 is 0 Å². The second-order valence-electron chi connectivity index (χ2n) is 5.95. The van der Waals surface area contributed by atoms with Crippen LogP contribution in [-0.4, -0.2) is 6.54 Å². The Morgan fingerprint density at radius 1 is 0.421 bits per heavy atom. The lowest BCUT2D eigenvalue weighted by Crippen LogP contribution is -1.97. The monoisotopic (exact) mass is 268 g/mol. The van der Waals surface area contributed by atoms with Crippen LogP contribution in [0.15, 0.2) is 0 Å². The lowest BCUT2D eigenvalue weighted by Gasteiger charge is -2.03. The van der Waals surface area contributed by atoms with Crippen molar-refractivity contribution in [2.45, 2.75) is 103 Å². The van der Waals surface area contributed by atoms with E-state index in [-0.39, 0.29) is 0 Å². The Morgan fingerprint density at radius 3 is 0.947 bits per heavy atom. The first-order valence-corrected chi connectivity index (χ1v) is 8.91. The van der Waals surface area contributed by atoms with Gasteiger partial charge in [0.1, 0.15) is 0 Å². The molecule has 0 fully saturated rings. The summed E-state index contributed by atoms with van der Waals surface area (Å²) in [4.78, 5) is 0. The Kier molecular flexibility index (Phi) is 17.9. The van der Waals surface area contributed by atoms with E-state index < -0.39 is 0 Å². The van der Waals surface area contributed by atoms with Crippen molar-refractivity contribution >= 4 is 0 Å². The molecule has 0 saturated heterocycles. The number of nitrogens with two attached hydrogens (primary N) is 1. The van der Waals surface area contributed by atoms with Crippen LogP contribution in [0.1, 0.15) is 103 Å². The Balaban J connectivity index is 2.88. The maximum Gasteiger partial charge on any atom is -0.00773 e. The van der Waals surface area contributed by atoms with Crippen LogP contribution in [-0.2, 0) is 0 Å². The summed E-state index contributed by atoms with van der Waals surface area (Å²) in [5, 5.41) is 0. The lowest BCUT2D eigenvalue weighted by molar-refractivity contribution is 0.531. The standard InChI is InChI=1S/C18H38N/c1-2-3-4-5-6-7-8-9-10-11-12-13-14-15-16-17-18-19/h1-19H2. The molecule has 19 heavy (non-hydrogen) atoms. The molecule has 1 radical (unpaired) electrons. The zero-order valence-electron chi connectivity index (χ0n) is 13.3. The van der Waals surface area contributed by atoms with E-state index in [1.54, 1.807) is 0 Å². The topological polar surface area (TPSA) is 26.0 Å². The molecule has 0 saturated carbocycles. The fourth-order valence-corrected chi connectivity index (χ4v) is 2.62. The van der Waals surface area contributed by atoms with E-state index in [4.69, 9.17) is 5.73 Å². The minimum atomic E-state index is 0.870. The van der Waals surface area contributed by atoms with E-state index in [1.807, 2.05) is 0 Å². The Labute approximate surface area is 122 Å². The zero-order valence-corrected chi connectivity index (χ0v) is 13.3. The molecule has 0 aromatic heterocycles. The molecule has 0 spiro atoms. The molecule has 0 aromatic rings. The third-order valence-corrected chi connectivity index (χ3v) is 3.95. The number of rotatable bonds is 16. The smallest absolute Gasteiger partial charge is 0.00773 e. The van der Waals surface area contributed by atoms with Crippen molar-refractivity contribution in [2.24, 2.45) is 5.73 Å².